The average Bonchev–Trinajstić information content (AvgIpc) is 2.69. The van der Waals surface area contributed by atoms with Crippen molar-refractivity contribution >= 4 is 11.7 Å². The van der Waals surface area contributed by atoms with Gasteiger partial charge in [-0.25, -0.2) is 4.98 Å². The minimum Gasteiger partial charge on any atom is -0.383 e. The maximum absolute atomic E-state index is 12.0. The van der Waals surface area contributed by atoms with Crippen molar-refractivity contribution < 1.29 is 9.53 Å². The van der Waals surface area contributed by atoms with Crippen LogP contribution in [0.1, 0.15) is 43.0 Å². The standard InChI is InChI=1S/C20H32N4O2/c1-16-3-6-18(7-4-16)23-10-12-24(13-11-23)19-8-5-17(15-22-19)20(25)21-9-14-26-2/h5,8,15-16,18H,3-4,6-7,9-14H2,1-2H3,(H,21,25). The van der Waals surface area contributed by atoms with Gasteiger partial charge in [0.2, 0.25) is 0 Å². The first-order chi connectivity index (χ1) is 12.7. The molecule has 0 unspecified atom stereocenters. The topological polar surface area (TPSA) is 57.7 Å². The molecule has 1 aromatic heterocycles. The number of nitrogens with zero attached hydrogens (tertiary/aromatic N) is 3. The molecule has 1 amide bonds. The Hall–Kier alpha value is -1.66. The van der Waals surface area contributed by atoms with E-state index < -0.39 is 0 Å². The van der Waals surface area contributed by atoms with Gasteiger partial charge in [-0.05, 0) is 43.7 Å². The lowest BCUT2D eigenvalue weighted by Crippen LogP contribution is -2.51. The fourth-order valence-electron chi connectivity index (χ4n) is 4.00. The monoisotopic (exact) mass is 360 g/mol. The number of piperazine rings is 1. The van der Waals surface area contributed by atoms with Gasteiger partial charge in [0.25, 0.3) is 5.91 Å². The fourth-order valence-corrected chi connectivity index (χ4v) is 4.00. The number of anilines is 1. The molecule has 6 nitrogen and oxygen atoms in total. The molecule has 1 N–H and O–H groups in total. The molecule has 3 rings (SSSR count). The number of amides is 1. The van der Waals surface area contributed by atoms with Crippen molar-refractivity contribution in [3.63, 3.8) is 0 Å². The Kier molecular flexibility index (Phi) is 6.86. The van der Waals surface area contributed by atoms with Crippen molar-refractivity contribution in [2.75, 3.05) is 51.3 Å². The van der Waals surface area contributed by atoms with Crippen LogP contribution >= 0.6 is 0 Å². The van der Waals surface area contributed by atoms with Crippen LogP contribution in [0.25, 0.3) is 0 Å². The third kappa shape index (κ3) is 4.95. The van der Waals surface area contributed by atoms with Crippen LogP contribution < -0.4 is 10.2 Å². The first kappa shape index (κ1) is 19.1. The summed E-state index contributed by atoms with van der Waals surface area (Å²) in [5.74, 6) is 1.77. The highest BCUT2D eigenvalue weighted by Crippen LogP contribution is 2.28. The van der Waals surface area contributed by atoms with Gasteiger partial charge in [0.05, 0.1) is 12.2 Å². The van der Waals surface area contributed by atoms with Gasteiger partial charge in [-0.1, -0.05) is 6.92 Å². The van der Waals surface area contributed by atoms with Crippen LogP contribution in [0.3, 0.4) is 0 Å². The summed E-state index contributed by atoms with van der Waals surface area (Å²) in [7, 11) is 1.62. The maximum atomic E-state index is 12.0. The van der Waals surface area contributed by atoms with Gasteiger partial charge in [-0.15, -0.1) is 0 Å². The molecule has 0 radical (unpaired) electrons. The van der Waals surface area contributed by atoms with E-state index in [-0.39, 0.29) is 5.91 Å². The second-order valence-corrected chi connectivity index (χ2v) is 7.59. The van der Waals surface area contributed by atoms with Crippen molar-refractivity contribution in [1.29, 1.82) is 0 Å². The van der Waals surface area contributed by atoms with Crippen molar-refractivity contribution in [3.05, 3.63) is 23.9 Å². The molecule has 1 aromatic rings. The zero-order chi connectivity index (χ0) is 18.4. The van der Waals surface area contributed by atoms with Crippen LogP contribution in [-0.4, -0.2) is 68.3 Å². The number of nitrogens with one attached hydrogen (secondary N) is 1. The summed E-state index contributed by atoms with van der Waals surface area (Å²) < 4.78 is 4.94. The predicted octanol–water partition coefficient (Wildman–Crippen LogP) is 2.16. The Bertz CT molecular complexity index is 562. The molecule has 26 heavy (non-hydrogen) atoms. The smallest absolute Gasteiger partial charge is 0.252 e. The molecule has 1 saturated heterocycles. The van der Waals surface area contributed by atoms with Crippen LogP contribution in [0.5, 0.6) is 0 Å². The Balaban J connectivity index is 1.47. The molecule has 2 fully saturated rings. The number of rotatable bonds is 6. The van der Waals surface area contributed by atoms with Crippen molar-refractivity contribution in [2.24, 2.45) is 5.92 Å². The number of pyridine rings is 1. The molecule has 144 valence electrons. The Labute approximate surface area is 156 Å². The van der Waals surface area contributed by atoms with Crippen LogP contribution in [0.4, 0.5) is 5.82 Å². The SMILES string of the molecule is COCCNC(=O)c1ccc(N2CCN(C3CCC(C)CC3)CC2)nc1. The molecule has 0 spiro atoms. The molecule has 0 bridgehead atoms. The number of methoxy groups -OCH3 is 1. The van der Waals surface area contributed by atoms with Crippen LogP contribution in [-0.2, 0) is 4.74 Å². The normalized spacial score (nSPS) is 24.5. The Morgan fingerprint density at radius 3 is 2.54 bits per heavy atom. The maximum Gasteiger partial charge on any atom is 0.252 e. The number of ether oxygens (including phenoxy) is 1. The summed E-state index contributed by atoms with van der Waals surface area (Å²) in [6.45, 7) is 7.65. The zero-order valence-electron chi connectivity index (χ0n) is 16.1. The van der Waals surface area contributed by atoms with Gasteiger partial charge in [0, 0.05) is 52.1 Å². The summed E-state index contributed by atoms with van der Waals surface area (Å²) in [6.07, 6.45) is 7.13. The Morgan fingerprint density at radius 2 is 1.92 bits per heavy atom. The van der Waals surface area contributed by atoms with Gasteiger partial charge in [0.1, 0.15) is 5.82 Å². The highest BCUT2D eigenvalue weighted by molar-refractivity contribution is 5.94. The van der Waals surface area contributed by atoms with E-state index in [1.165, 1.54) is 25.7 Å². The van der Waals surface area contributed by atoms with Crippen LogP contribution in [0, 0.1) is 5.92 Å². The third-order valence-corrected chi connectivity index (χ3v) is 5.74. The molecule has 2 heterocycles. The summed E-state index contributed by atoms with van der Waals surface area (Å²) in [5.41, 5.74) is 0.597. The molecule has 6 heteroatoms. The van der Waals surface area contributed by atoms with Crippen molar-refractivity contribution in [1.82, 2.24) is 15.2 Å². The van der Waals surface area contributed by atoms with E-state index in [2.05, 4.69) is 27.0 Å². The highest BCUT2D eigenvalue weighted by Gasteiger charge is 2.27. The van der Waals surface area contributed by atoms with Gasteiger partial charge in [-0.3, -0.25) is 9.69 Å². The highest BCUT2D eigenvalue weighted by atomic mass is 16.5. The number of carbonyl (C=O) groups excluding carboxylic acids is 1. The fraction of sp³-hybridized carbons (Fsp3) is 0.700. The minimum absolute atomic E-state index is 0.0996. The summed E-state index contributed by atoms with van der Waals surface area (Å²) in [6, 6.07) is 4.60. The molecule has 0 aromatic carbocycles. The van der Waals surface area contributed by atoms with E-state index in [4.69, 9.17) is 4.74 Å². The first-order valence-corrected chi connectivity index (χ1v) is 9.89. The largest absolute Gasteiger partial charge is 0.383 e. The van der Waals surface area contributed by atoms with Gasteiger partial charge >= 0.3 is 0 Å². The van der Waals surface area contributed by atoms with Crippen LogP contribution in [0.2, 0.25) is 0 Å². The quantitative estimate of drug-likeness (QED) is 0.788. The number of aromatic nitrogens is 1. The second-order valence-electron chi connectivity index (χ2n) is 7.59. The molecule has 1 saturated carbocycles. The molecular formula is C20H32N4O2. The van der Waals surface area contributed by atoms with E-state index in [9.17, 15) is 4.79 Å². The van der Waals surface area contributed by atoms with E-state index in [1.54, 1.807) is 13.3 Å². The van der Waals surface area contributed by atoms with E-state index >= 15 is 0 Å². The molecule has 1 aliphatic heterocycles. The summed E-state index contributed by atoms with van der Waals surface area (Å²) in [4.78, 5) is 21.5. The first-order valence-electron chi connectivity index (χ1n) is 9.89. The minimum atomic E-state index is -0.0996. The molecule has 1 aliphatic carbocycles. The van der Waals surface area contributed by atoms with Crippen molar-refractivity contribution in [3.8, 4) is 0 Å². The van der Waals surface area contributed by atoms with E-state index in [1.807, 2.05) is 12.1 Å². The van der Waals surface area contributed by atoms with Gasteiger partial charge in [-0.2, -0.15) is 0 Å². The number of hydrogen-bond donors (Lipinski definition) is 1. The van der Waals surface area contributed by atoms with Crippen LogP contribution in [0.15, 0.2) is 18.3 Å². The molecule has 0 atom stereocenters. The van der Waals surface area contributed by atoms with E-state index in [0.717, 1.165) is 44.0 Å². The zero-order valence-corrected chi connectivity index (χ0v) is 16.1. The van der Waals surface area contributed by atoms with Gasteiger partial charge < -0.3 is 15.0 Å². The second kappa shape index (κ2) is 9.33. The lowest BCUT2D eigenvalue weighted by atomic mass is 9.86. The lowest BCUT2D eigenvalue weighted by molar-refractivity contribution is 0.0936. The Morgan fingerprint density at radius 1 is 1.19 bits per heavy atom. The lowest BCUT2D eigenvalue weighted by Gasteiger charge is -2.42. The summed E-state index contributed by atoms with van der Waals surface area (Å²) in [5, 5.41) is 2.82. The molecule has 2 aliphatic rings. The number of hydrogen-bond acceptors (Lipinski definition) is 5. The molecular weight excluding hydrogens is 328 g/mol. The van der Waals surface area contributed by atoms with E-state index in [0.29, 0.717) is 18.7 Å². The van der Waals surface area contributed by atoms with Gasteiger partial charge in [0.15, 0.2) is 0 Å². The average molecular weight is 361 g/mol. The number of carbonyl (C=O) groups is 1. The summed E-state index contributed by atoms with van der Waals surface area (Å²) >= 11 is 0. The predicted molar refractivity (Wildman–Crippen MR) is 104 cm³/mol. The third-order valence-electron chi connectivity index (χ3n) is 5.74. The van der Waals surface area contributed by atoms with Crippen molar-refractivity contribution in [2.45, 2.75) is 38.6 Å².